The molecule has 1 fully saturated rings. The number of amides is 2. The summed E-state index contributed by atoms with van der Waals surface area (Å²) in [6.45, 7) is 1.79. The molecule has 2 amide bonds. The maximum atomic E-state index is 12.6. The van der Waals surface area contributed by atoms with Gasteiger partial charge in [0.05, 0.1) is 4.91 Å². The summed E-state index contributed by atoms with van der Waals surface area (Å²) >= 11 is 6.44. The molecule has 1 aliphatic heterocycles. The van der Waals surface area contributed by atoms with Gasteiger partial charge in [0.15, 0.2) is 0 Å². The number of phenols is 1. The Morgan fingerprint density at radius 3 is 2.77 bits per heavy atom. The Bertz CT molecular complexity index is 925. The van der Waals surface area contributed by atoms with Crippen molar-refractivity contribution in [1.29, 1.82) is 0 Å². The maximum absolute atomic E-state index is 12.6. The summed E-state index contributed by atoms with van der Waals surface area (Å²) in [6.07, 6.45) is 1.79. The lowest BCUT2D eigenvalue weighted by Crippen LogP contribution is -2.36. The van der Waals surface area contributed by atoms with E-state index in [2.05, 4.69) is 5.32 Å². The Hall–Kier alpha value is -2.64. The number of carbonyl (C=O) groups is 2. The number of nitrogens with zero attached hydrogens (tertiary/aromatic N) is 1. The fourth-order valence-corrected chi connectivity index (χ4v) is 3.70. The average molecular weight is 384 g/mol. The predicted molar refractivity (Wildman–Crippen MR) is 108 cm³/mol. The Labute approximate surface area is 160 Å². The van der Waals surface area contributed by atoms with Crippen molar-refractivity contribution in [1.82, 2.24) is 4.90 Å². The van der Waals surface area contributed by atoms with Crippen LogP contribution in [0.5, 0.6) is 5.75 Å². The van der Waals surface area contributed by atoms with Gasteiger partial charge in [-0.2, -0.15) is 0 Å². The number of aryl methyl sites for hydroxylation is 1. The lowest BCUT2D eigenvalue weighted by atomic mass is 10.1. The second-order valence-electron chi connectivity index (χ2n) is 5.72. The minimum Gasteiger partial charge on any atom is -0.508 e. The number of aromatic hydroxyl groups is 1. The van der Waals surface area contributed by atoms with Crippen LogP contribution in [0.3, 0.4) is 0 Å². The van der Waals surface area contributed by atoms with E-state index in [4.69, 9.17) is 12.2 Å². The van der Waals surface area contributed by atoms with Crippen molar-refractivity contribution in [2.75, 3.05) is 11.9 Å². The summed E-state index contributed by atoms with van der Waals surface area (Å²) in [5.74, 6) is -0.618. The van der Waals surface area contributed by atoms with Gasteiger partial charge < -0.3 is 10.4 Å². The van der Waals surface area contributed by atoms with Gasteiger partial charge in [0.1, 0.15) is 16.6 Å². The van der Waals surface area contributed by atoms with Gasteiger partial charge >= 0.3 is 0 Å². The molecule has 2 aromatic rings. The molecule has 0 atom stereocenters. The average Bonchev–Trinajstić information content (AvgIpc) is 2.84. The van der Waals surface area contributed by atoms with Crippen molar-refractivity contribution in [2.24, 2.45) is 0 Å². The zero-order valence-electron chi connectivity index (χ0n) is 13.9. The van der Waals surface area contributed by atoms with E-state index < -0.39 is 0 Å². The molecule has 0 unspecified atom stereocenters. The molecular formula is C19H16N2O3S2. The lowest BCUT2D eigenvalue weighted by molar-refractivity contribution is -0.126. The van der Waals surface area contributed by atoms with E-state index >= 15 is 0 Å². The third-order valence-electron chi connectivity index (χ3n) is 3.78. The molecule has 0 spiro atoms. The summed E-state index contributed by atoms with van der Waals surface area (Å²) < 4.78 is 0.348. The monoisotopic (exact) mass is 384 g/mol. The number of phenolic OH excluding ortho intramolecular Hbond substituents is 1. The number of thiocarbonyl (C=S) groups is 1. The second kappa shape index (κ2) is 7.72. The Morgan fingerprint density at radius 1 is 1.27 bits per heavy atom. The minimum atomic E-state index is -0.385. The van der Waals surface area contributed by atoms with Crippen molar-refractivity contribution in [3.05, 3.63) is 64.6 Å². The molecule has 1 aliphatic rings. The van der Waals surface area contributed by atoms with Crippen molar-refractivity contribution >= 4 is 51.9 Å². The van der Waals surface area contributed by atoms with Crippen LogP contribution < -0.4 is 5.32 Å². The van der Waals surface area contributed by atoms with Crippen LogP contribution in [0.1, 0.15) is 11.1 Å². The van der Waals surface area contributed by atoms with Crippen LogP contribution in [-0.2, 0) is 9.59 Å². The number of rotatable bonds is 4. The maximum Gasteiger partial charge on any atom is 0.266 e. The Balaban J connectivity index is 1.71. The van der Waals surface area contributed by atoms with Crippen LogP contribution in [0.15, 0.2) is 53.4 Å². The fraction of sp³-hybridized carbons (Fsp3) is 0.105. The summed E-state index contributed by atoms with van der Waals surface area (Å²) in [5.41, 5.74) is 2.45. The molecule has 0 bridgehead atoms. The highest BCUT2D eigenvalue weighted by molar-refractivity contribution is 8.26. The molecule has 7 heteroatoms. The van der Waals surface area contributed by atoms with E-state index in [0.717, 1.165) is 11.1 Å². The molecule has 0 aliphatic carbocycles. The zero-order chi connectivity index (χ0) is 18.7. The summed E-state index contributed by atoms with van der Waals surface area (Å²) in [6, 6.07) is 13.9. The fourth-order valence-electron chi connectivity index (χ4n) is 2.45. The SMILES string of the molecule is Cc1ccccc1/C=C1\SC(=S)N(CC(=O)Nc2cccc(O)c2)C1=O. The van der Waals surface area contributed by atoms with Crippen molar-refractivity contribution in [3.8, 4) is 5.75 Å². The molecule has 0 radical (unpaired) electrons. The molecule has 26 heavy (non-hydrogen) atoms. The van der Waals surface area contributed by atoms with Crippen LogP contribution in [0.2, 0.25) is 0 Å². The van der Waals surface area contributed by atoms with Crippen LogP contribution in [0.4, 0.5) is 5.69 Å². The Morgan fingerprint density at radius 2 is 2.04 bits per heavy atom. The summed E-state index contributed by atoms with van der Waals surface area (Å²) in [7, 11) is 0. The molecule has 2 N–H and O–H groups in total. The number of nitrogens with one attached hydrogen (secondary N) is 1. The first-order valence-electron chi connectivity index (χ1n) is 7.84. The van der Waals surface area contributed by atoms with E-state index in [-0.39, 0.29) is 24.1 Å². The molecule has 132 valence electrons. The normalized spacial score (nSPS) is 15.6. The summed E-state index contributed by atoms with van der Waals surface area (Å²) in [4.78, 5) is 26.6. The number of benzene rings is 2. The van der Waals surface area contributed by atoms with E-state index in [9.17, 15) is 14.7 Å². The van der Waals surface area contributed by atoms with Gasteiger partial charge in [-0.05, 0) is 36.3 Å². The van der Waals surface area contributed by atoms with Gasteiger partial charge in [-0.25, -0.2) is 0 Å². The van der Waals surface area contributed by atoms with Crippen LogP contribution in [-0.4, -0.2) is 32.7 Å². The quantitative estimate of drug-likeness (QED) is 0.623. The smallest absolute Gasteiger partial charge is 0.266 e. The zero-order valence-corrected chi connectivity index (χ0v) is 15.6. The van der Waals surface area contributed by atoms with E-state index in [1.165, 1.54) is 28.8 Å². The van der Waals surface area contributed by atoms with Crippen LogP contribution in [0, 0.1) is 6.92 Å². The molecule has 0 aromatic heterocycles. The first-order valence-corrected chi connectivity index (χ1v) is 9.06. The molecule has 5 nitrogen and oxygen atoms in total. The van der Waals surface area contributed by atoms with Crippen molar-refractivity contribution in [3.63, 3.8) is 0 Å². The highest BCUT2D eigenvalue weighted by Gasteiger charge is 2.33. The minimum absolute atomic E-state index is 0.0505. The molecule has 1 heterocycles. The van der Waals surface area contributed by atoms with E-state index in [1.807, 2.05) is 31.2 Å². The number of hydrogen-bond acceptors (Lipinski definition) is 5. The van der Waals surface area contributed by atoms with Gasteiger partial charge in [0.2, 0.25) is 5.91 Å². The summed E-state index contributed by atoms with van der Waals surface area (Å²) in [5, 5.41) is 12.1. The van der Waals surface area contributed by atoms with E-state index in [1.54, 1.807) is 18.2 Å². The molecule has 0 saturated carbocycles. The van der Waals surface area contributed by atoms with Crippen LogP contribution >= 0.6 is 24.0 Å². The number of hydrogen-bond donors (Lipinski definition) is 2. The topological polar surface area (TPSA) is 69.6 Å². The Kier molecular flexibility index (Phi) is 5.39. The standard InChI is InChI=1S/C19H16N2O3S2/c1-12-5-2-3-6-13(12)9-16-18(24)21(19(25)26-16)11-17(23)20-14-7-4-8-15(22)10-14/h2-10,22H,11H2,1H3,(H,20,23)/b16-9-. The van der Waals surface area contributed by atoms with Gasteiger partial charge in [0, 0.05) is 11.8 Å². The van der Waals surface area contributed by atoms with Gasteiger partial charge in [-0.3, -0.25) is 14.5 Å². The second-order valence-corrected chi connectivity index (χ2v) is 7.40. The number of carbonyl (C=O) groups excluding carboxylic acids is 2. The van der Waals surface area contributed by atoms with Crippen molar-refractivity contribution in [2.45, 2.75) is 6.92 Å². The third kappa shape index (κ3) is 4.12. The number of anilines is 1. The predicted octanol–water partition coefficient (Wildman–Crippen LogP) is 3.54. The lowest BCUT2D eigenvalue weighted by Gasteiger charge is -2.14. The largest absolute Gasteiger partial charge is 0.508 e. The highest BCUT2D eigenvalue weighted by Crippen LogP contribution is 2.32. The highest BCUT2D eigenvalue weighted by atomic mass is 32.2. The first-order chi connectivity index (χ1) is 12.4. The first kappa shape index (κ1) is 18.2. The molecule has 3 rings (SSSR count). The van der Waals surface area contributed by atoms with Crippen LogP contribution in [0.25, 0.3) is 6.08 Å². The van der Waals surface area contributed by atoms with Gasteiger partial charge in [-0.15, -0.1) is 0 Å². The number of thioether (sulfide) groups is 1. The third-order valence-corrected chi connectivity index (χ3v) is 5.16. The van der Waals surface area contributed by atoms with E-state index in [0.29, 0.717) is 14.9 Å². The molecule has 2 aromatic carbocycles. The van der Waals surface area contributed by atoms with Gasteiger partial charge in [0.25, 0.3) is 5.91 Å². The molecular weight excluding hydrogens is 368 g/mol. The van der Waals surface area contributed by atoms with Gasteiger partial charge in [-0.1, -0.05) is 54.3 Å². The molecule has 1 saturated heterocycles. The van der Waals surface area contributed by atoms with Crippen molar-refractivity contribution < 1.29 is 14.7 Å².